The van der Waals surface area contributed by atoms with Gasteiger partial charge in [-0.25, -0.2) is 9.97 Å². The van der Waals surface area contributed by atoms with Gasteiger partial charge >= 0.3 is 0 Å². The maximum atomic E-state index is 12.6. The lowest BCUT2D eigenvalue weighted by Gasteiger charge is -2.18. The van der Waals surface area contributed by atoms with Crippen molar-refractivity contribution in [2.45, 2.75) is 19.8 Å². The smallest absolute Gasteiger partial charge is 0.277 e. The second-order valence-corrected chi connectivity index (χ2v) is 7.95. The predicted octanol–water partition coefficient (Wildman–Crippen LogP) is 5.04. The van der Waals surface area contributed by atoms with Gasteiger partial charge in [0.1, 0.15) is 17.5 Å². The Hall–Kier alpha value is -4.20. The van der Waals surface area contributed by atoms with Gasteiger partial charge in [-0.2, -0.15) is 0 Å². The minimum Gasteiger partial charge on any atom is -0.356 e. The van der Waals surface area contributed by atoms with E-state index in [1.54, 1.807) is 6.07 Å². The molecule has 1 aliphatic rings. The minimum atomic E-state index is -0.330. The van der Waals surface area contributed by atoms with Gasteiger partial charge in [-0.05, 0) is 44.0 Å². The van der Waals surface area contributed by atoms with Crippen LogP contribution in [0.4, 0.5) is 23.0 Å². The zero-order valence-corrected chi connectivity index (χ0v) is 18.3. The second-order valence-electron chi connectivity index (χ2n) is 7.95. The molecule has 0 spiro atoms. The maximum Gasteiger partial charge on any atom is 0.277 e. The molecule has 1 saturated heterocycles. The summed E-state index contributed by atoms with van der Waals surface area (Å²) in [4.78, 5) is 23.9. The number of rotatable bonds is 6. The largest absolute Gasteiger partial charge is 0.356 e. The molecule has 0 saturated carbocycles. The van der Waals surface area contributed by atoms with E-state index in [1.165, 1.54) is 12.8 Å². The number of aromatic nitrogens is 3. The molecule has 1 amide bonds. The van der Waals surface area contributed by atoms with Crippen molar-refractivity contribution in [2.75, 3.05) is 28.6 Å². The lowest BCUT2D eigenvalue weighted by atomic mass is 10.1. The molecule has 2 N–H and O–H groups in total. The Labute approximate surface area is 191 Å². The van der Waals surface area contributed by atoms with Crippen LogP contribution in [0.1, 0.15) is 29.2 Å². The fourth-order valence-electron chi connectivity index (χ4n) is 3.82. The van der Waals surface area contributed by atoms with Crippen LogP contribution >= 0.6 is 0 Å². The van der Waals surface area contributed by atoms with Gasteiger partial charge in [0.15, 0.2) is 11.5 Å². The van der Waals surface area contributed by atoms with Crippen LogP contribution < -0.4 is 15.5 Å². The SMILES string of the molecule is Cc1nc(Nc2ccc(NC(=O)c3cc(-c4ccccc4)on3)cc2)cc(N2CCCC2)n1. The quantitative estimate of drug-likeness (QED) is 0.434. The van der Waals surface area contributed by atoms with E-state index in [9.17, 15) is 4.79 Å². The Bertz CT molecular complexity index is 1250. The van der Waals surface area contributed by atoms with E-state index < -0.39 is 0 Å². The molecular formula is C25H24N6O2. The van der Waals surface area contributed by atoms with Gasteiger partial charge < -0.3 is 20.1 Å². The zero-order chi connectivity index (χ0) is 22.6. The summed E-state index contributed by atoms with van der Waals surface area (Å²) in [5.74, 6) is 2.65. The highest BCUT2D eigenvalue weighted by Crippen LogP contribution is 2.24. The topological polar surface area (TPSA) is 96.2 Å². The van der Waals surface area contributed by atoms with Crippen molar-refractivity contribution >= 4 is 28.9 Å². The monoisotopic (exact) mass is 440 g/mol. The van der Waals surface area contributed by atoms with E-state index in [4.69, 9.17) is 4.52 Å². The molecule has 1 aliphatic heterocycles. The number of benzene rings is 2. The molecule has 0 bridgehead atoms. The number of amides is 1. The molecule has 0 radical (unpaired) electrons. The molecule has 8 heteroatoms. The van der Waals surface area contributed by atoms with Gasteiger partial charge in [0.2, 0.25) is 0 Å². The Kier molecular flexibility index (Phi) is 5.72. The van der Waals surface area contributed by atoms with Crippen molar-refractivity contribution in [3.05, 3.63) is 78.2 Å². The van der Waals surface area contributed by atoms with Gasteiger partial charge in [-0.3, -0.25) is 4.79 Å². The number of carbonyl (C=O) groups is 1. The van der Waals surface area contributed by atoms with Gasteiger partial charge in [0.05, 0.1) is 0 Å². The van der Waals surface area contributed by atoms with Crippen LogP contribution in [0.15, 0.2) is 71.3 Å². The van der Waals surface area contributed by atoms with Crippen LogP contribution in [-0.2, 0) is 0 Å². The van der Waals surface area contributed by atoms with Crippen LogP contribution in [0, 0.1) is 6.92 Å². The van der Waals surface area contributed by atoms with E-state index >= 15 is 0 Å². The van der Waals surface area contributed by atoms with Crippen molar-refractivity contribution in [3.63, 3.8) is 0 Å². The first-order valence-corrected chi connectivity index (χ1v) is 11.0. The average Bonchev–Trinajstić information content (AvgIpc) is 3.53. The van der Waals surface area contributed by atoms with E-state index in [1.807, 2.05) is 67.6 Å². The lowest BCUT2D eigenvalue weighted by molar-refractivity contribution is 0.101. The van der Waals surface area contributed by atoms with E-state index in [0.29, 0.717) is 11.4 Å². The predicted molar refractivity (Wildman–Crippen MR) is 128 cm³/mol. The molecule has 2 aromatic heterocycles. The summed E-state index contributed by atoms with van der Waals surface area (Å²) in [6.45, 7) is 3.96. The third-order valence-electron chi connectivity index (χ3n) is 5.47. The van der Waals surface area contributed by atoms with Crippen LogP contribution in [0.3, 0.4) is 0 Å². The van der Waals surface area contributed by atoms with E-state index in [-0.39, 0.29) is 11.6 Å². The van der Waals surface area contributed by atoms with Crippen LogP contribution in [0.2, 0.25) is 0 Å². The standard InChI is InChI=1S/C25H24N6O2/c1-17-26-23(16-24(27-17)31-13-5-6-14-31)28-19-9-11-20(12-10-19)29-25(32)21-15-22(33-30-21)18-7-3-2-4-8-18/h2-4,7-12,15-16H,5-6,13-14H2,1H3,(H,29,32)(H,26,27,28). The third-order valence-corrected chi connectivity index (χ3v) is 5.47. The summed E-state index contributed by atoms with van der Waals surface area (Å²) in [6.07, 6.45) is 2.39. The fraction of sp³-hybridized carbons (Fsp3) is 0.200. The van der Waals surface area contributed by atoms with Gasteiger partial charge in [-0.15, -0.1) is 0 Å². The second kappa shape index (κ2) is 9.12. The normalized spacial score (nSPS) is 13.2. The summed E-state index contributed by atoms with van der Waals surface area (Å²) in [6, 6.07) is 20.6. The molecular weight excluding hydrogens is 416 g/mol. The molecule has 0 unspecified atom stereocenters. The van der Waals surface area contributed by atoms with Crippen molar-refractivity contribution < 1.29 is 9.32 Å². The number of nitrogens with zero attached hydrogens (tertiary/aromatic N) is 4. The van der Waals surface area contributed by atoms with E-state index in [0.717, 1.165) is 41.8 Å². The summed E-state index contributed by atoms with van der Waals surface area (Å²) >= 11 is 0. The molecule has 166 valence electrons. The highest BCUT2D eigenvalue weighted by molar-refractivity contribution is 6.03. The highest BCUT2D eigenvalue weighted by atomic mass is 16.5. The zero-order valence-electron chi connectivity index (χ0n) is 18.3. The number of hydrogen-bond acceptors (Lipinski definition) is 7. The third kappa shape index (κ3) is 4.85. The van der Waals surface area contributed by atoms with Crippen molar-refractivity contribution in [3.8, 4) is 11.3 Å². The number of hydrogen-bond donors (Lipinski definition) is 2. The molecule has 5 rings (SSSR count). The molecule has 1 fully saturated rings. The Morgan fingerprint density at radius 3 is 2.42 bits per heavy atom. The van der Waals surface area contributed by atoms with Crippen molar-refractivity contribution in [1.82, 2.24) is 15.1 Å². The minimum absolute atomic E-state index is 0.224. The van der Waals surface area contributed by atoms with Gasteiger partial charge in [-0.1, -0.05) is 35.5 Å². The molecule has 0 atom stereocenters. The molecule has 33 heavy (non-hydrogen) atoms. The first kappa shape index (κ1) is 20.7. The number of nitrogens with one attached hydrogen (secondary N) is 2. The highest BCUT2D eigenvalue weighted by Gasteiger charge is 2.16. The summed E-state index contributed by atoms with van der Waals surface area (Å²) in [7, 11) is 0. The lowest BCUT2D eigenvalue weighted by Crippen LogP contribution is -2.19. The van der Waals surface area contributed by atoms with Crippen LogP contribution in [0.25, 0.3) is 11.3 Å². The maximum absolute atomic E-state index is 12.6. The molecule has 8 nitrogen and oxygen atoms in total. The average molecular weight is 441 g/mol. The van der Waals surface area contributed by atoms with Crippen LogP contribution in [-0.4, -0.2) is 34.1 Å². The summed E-state index contributed by atoms with van der Waals surface area (Å²) in [5, 5.41) is 10.1. The first-order valence-electron chi connectivity index (χ1n) is 11.0. The van der Waals surface area contributed by atoms with E-state index in [2.05, 4.69) is 30.7 Å². The van der Waals surface area contributed by atoms with Crippen LogP contribution in [0.5, 0.6) is 0 Å². The fourth-order valence-corrected chi connectivity index (χ4v) is 3.82. The van der Waals surface area contributed by atoms with Crippen molar-refractivity contribution in [1.29, 1.82) is 0 Å². The molecule has 4 aromatic rings. The molecule has 0 aliphatic carbocycles. The Balaban J connectivity index is 1.24. The first-order chi connectivity index (χ1) is 16.1. The summed E-state index contributed by atoms with van der Waals surface area (Å²) in [5.41, 5.74) is 2.62. The Morgan fingerprint density at radius 1 is 0.939 bits per heavy atom. The van der Waals surface area contributed by atoms with Crippen molar-refractivity contribution in [2.24, 2.45) is 0 Å². The number of carbonyl (C=O) groups excluding carboxylic acids is 1. The Morgan fingerprint density at radius 2 is 1.67 bits per heavy atom. The number of anilines is 4. The number of aryl methyl sites for hydroxylation is 1. The molecule has 2 aromatic carbocycles. The summed E-state index contributed by atoms with van der Waals surface area (Å²) < 4.78 is 5.31. The van der Waals surface area contributed by atoms with Gasteiger partial charge in [0, 0.05) is 42.2 Å². The van der Waals surface area contributed by atoms with Gasteiger partial charge in [0.25, 0.3) is 5.91 Å². The molecule has 3 heterocycles.